The average Bonchev–Trinajstić information content (AvgIpc) is 2.17. The molecule has 19 heavy (non-hydrogen) atoms. The Morgan fingerprint density at radius 3 is 1.00 bits per heavy atom. The molecule has 0 aliphatic rings. The zero-order valence-corrected chi connectivity index (χ0v) is 11.1. The van der Waals surface area contributed by atoms with Gasteiger partial charge in [0.1, 0.15) is 23.4 Å². The van der Waals surface area contributed by atoms with Crippen molar-refractivity contribution in [2.45, 2.75) is 40.5 Å². The van der Waals surface area contributed by atoms with E-state index in [-0.39, 0.29) is 28.9 Å². The van der Waals surface area contributed by atoms with E-state index in [4.69, 9.17) is 10.2 Å². The minimum absolute atomic E-state index is 0. The van der Waals surface area contributed by atoms with Gasteiger partial charge in [-0.15, -0.1) is 0 Å². The Bertz CT molecular complexity index is 266. The summed E-state index contributed by atoms with van der Waals surface area (Å²) in [6.07, 6.45) is 0.759. The fourth-order valence-electron chi connectivity index (χ4n) is 1.27. The van der Waals surface area contributed by atoms with Crippen molar-refractivity contribution in [1.29, 1.82) is 0 Å². The van der Waals surface area contributed by atoms with E-state index in [0.717, 1.165) is 0 Å². The highest BCUT2D eigenvalue weighted by Gasteiger charge is 2.19. The first-order valence-electron chi connectivity index (χ1n) is 5.65. The number of hydrogen-bond acceptors (Lipinski definition) is 4. The van der Waals surface area contributed by atoms with E-state index >= 15 is 0 Å². The maximum atomic E-state index is 10.4. The molecular formula is C12H23AlO6. The van der Waals surface area contributed by atoms with Crippen LogP contribution in [0.5, 0.6) is 0 Å². The normalized spacial score (nSPS) is 12.0. The Labute approximate surface area is 123 Å². The largest absolute Gasteiger partial charge is 0.481 e. The number of carboxylic acid groups (broad SMARTS) is 2. The van der Waals surface area contributed by atoms with Gasteiger partial charge in [-0.2, -0.15) is 0 Å². The second-order valence-corrected chi connectivity index (χ2v) is 3.82. The van der Waals surface area contributed by atoms with Crippen LogP contribution in [0.4, 0.5) is 0 Å². The Balaban J connectivity index is -0.000000256. The standard InChI is InChI=1S/2C6H10O3.Al.3H/c2*1-3-5(4(2)7)6(8)9;;;;/h2*5H,3H2,1-2H3,(H,8,9);;;;. The van der Waals surface area contributed by atoms with Gasteiger partial charge in [0.25, 0.3) is 0 Å². The molecule has 0 aliphatic heterocycles. The lowest BCUT2D eigenvalue weighted by molar-refractivity contribution is -0.147. The number of ketones is 2. The Hall–Kier alpha value is -1.19. The van der Waals surface area contributed by atoms with Gasteiger partial charge in [-0.05, 0) is 26.7 Å². The van der Waals surface area contributed by atoms with Gasteiger partial charge in [-0.25, -0.2) is 0 Å². The summed E-state index contributed by atoms with van der Waals surface area (Å²) in [5, 5.41) is 16.6. The molecule has 0 aromatic carbocycles. The smallest absolute Gasteiger partial charge is 0.314 e. The molecule has 0 amide bonds. The topological polar surface area (TPSA) is 109 Å². The van der Waals surface area contributed by atoms with Crippen molar-refractivity contribution in [3.05, 3.63) is 0 Å². The summed E-state index contributed by atoms with van der Waals surface area (Å²) in [6.45, 7) is 5.95. The number of carboxylic acids is 2. The minimum atomic E-state index is -1.02. The molecule has 110 valence electrons. The number of Topliss-reactive ketones (excluding diaryl/α,β-unsaturated/α-hetero) is 2. The van der Waals surface area contributed by atoms with E-state index in [1.165, 1.54) is 13.8 Å². The zero-order valence-electron chi connectivity index (χ0n) is 11.1. The molecule has 0 saturated carbocycles. The van der Waals surface area contributed by atoms with Gasteiger partial charge in [-0.1, -0.05) is 13.8 Å². The molecule has 2 N–H and O–H groups in total. The summed E-state index contributed by atoms with van der Waals surface area (Å²) >= 11 is 0. The Kier molecular flexibility index (Phi) is 14.3. The highest BCUT2D eigenvalue weighted by Crippen LogP contribution is 2.03. The fourth-order valence-corrected chi connectivity index (χ4v) is 1.27. The molecule has 0 radical (unpaired) electrons. The summed E-state index contributed by atoms with van der Waals surface area (Å²) in [4.78, 5) is 41.2. The van der Waals surface area contributed by atoms with Crippen molar-refractivity contribution in [1.82, 2.24) is 0 Å². The molecule has 0 spiro atoms. The van der Waals surface area contributed by atoms with Crippen LogP contribution >= 0.6 is 0 Å². The van der Waals surface area contributed by atoms with E-state index in [2.05, 4.69) is 0 Å². The third kappa shape index (κ3) is 10.4. The van der Waals surface area contributed by atoms with Gasteiger partial charge in [0, 0.05) is 0 Å². The Morgan fingerprint density at radius 2 is 1.00 bits per heavy atom. The number of carbonyl (C=O) groups is 4. The summed E-state index contributed by atoms with van der Waals surface area (Å²) in [5.41, 5.74) is 0. The molecule has 2 atom stereocenters. The summed E-state index contributed by atoms with van der Waals surface area (Å²) in [7, 11) is 0. The van der Waals surface area contributed by atoms with Crippen molar-refractivity contribution < 1.29 is 29.4 Å². The molecule has 6 nitrogen and oxygen atoms in total. The molecule has 0 bridgehead atoms. The maximum Gasteiger partial charge on any atom is 0.314 e. The van der Waals surface area contributed by atoms with Crippen LogP contribution in [-0.4, -0.2) is 51.1 Å². The van der Waals surface area contributed by atoms with Gasteiger partial charge in [-0.3, -0.25) is 19.2 Å². The first-order valence-corrected chi connectivity index (χ1v) is 5.65. The highest BCUT2D eigenvalue weighted by atomic mass is 27.0. The van der Waals surface area contributed by atoms with Crippen molar-refractivity contribution in [3.8, 4) is 0 Å². The SMILES string of the molecule is CCC(C(C)=O)C(=O)O.CCC(C(C)=O)C(=O)O.[AlH3]. The van der Waals surface area contributed by atoms with Crippen molar-refractivity contribution >= 4 is 40.9 Å². The lowest BCUT2D eigenvalue weighted by Crippen LogP contribution is -2.19. The van der Waals surface area contributed by atoms with Crippen LogP contribution < -0.4 is 0 Å². The summed E-state index contributed by atoms with van der Waals surface area (Å²) < 4.78 is 0. The van der Waals surface area contributed by atoms with Gasteiger partial charge in [0.2, 0.25) is 0 Å². The highest BCUT2D eigenvalue weighted by molar-refractivity contribution is 5.97. The third-order valence-electron chi connectivity index (χ3n) is 2.39. The fraction of sp³-hybridized carbons (Fsp3) is 0.667. The lowest BCUT2D eigenvalue weighted by atomic mass is 10.0. The first kappa shape index (κ1) is 22.9. The van der Waals surface area contributed by atoms with Crippen LogP contribution in [0.25, 0.3) is 0 Å². The molecule has 0 saturated heterocycles. The van der Waals surface area contributed by atoms with E-state index in [1.807, 2.05) is 0 Å². The van der Waals surface area contributed by atoms with Crippen molar-refractivity contribution in [3.63, 3.8) is 0 Å². The van der Waals surface area contributed by atoms with Gasteiger partial charge in [0.05, 0.1) is 0 Å². The van der Waals surface area contributed by atoms with Crippen LogP contribution in [0.2, 0.25) is 0 Å². The molecule has 2 unspecified atom stereocenters. The minimum Gasteiger partial charge on any atom is -0.481 e. The van der Waals surface area contributed by atoms with Crippen molar-refractivity contribution in [2.24, 2.45) is 11.8 Å². The molecule has 0 rings (SSSR count). The molecular weight excluding hydrogens is 267 g/mol. The molecule has 0 fully saturated rings. The van der Waals surface area contributed by atoms with Gasteiger partial charge >= 0.3 is 11.9 Å². The molecule has 0 aromatic rings. The second-order valence-electron chi connectivity index (χ2n) is 3.82. The van der Waals surface area contributed by atoms with Gasteiger partial charge in [0.15, 0.2) is 17.4 Å². The summed E-state index contributed by atoms with van der Waals surface area (Å²) in [6, 6.07) is 0. The van der Waals surface area contributed by atoms with Gasteiger partial charge < -0.3 is 10.2 Å². The first-order chi connectivity index (χ1) is 8.18. The van der Waals surface area contributed by atoms with E-state index < -0.39 is 23.8 Å². The molecule has 0 heterocycles. The number of hydrogen-bond donors (Lipinski definition) is 2. The van der Waals surface area contributed by atoms with Crippen LogP contribution in [-0.2, 0) is 19.2 Å². The summed E-state index contributed by atoms with van der Waals surface area (Å²) in [5.74, 6) is -4.19. The quantitative estimate of drug-likeness (QED) is 0.534. The monoisotopic (exact) mass is 290 g/mol. The van der Waals surface area contributed by atoms with E-state index in [9.17, 15) is 19.2 Å². The van der Waals surface area contributed by atoms with Crippen LogP contribution in [0.3, 0.4) is 0 Å². The zero-order chi connectivity index (χ0) is 14.9. The van der Waals surface area contributed by atoms with E-state index in [1.54, 1.807) is 13.8 Å². The molecule has 0 aliphatic carbocycles. The molecule has 0 aromatic heterocycles. The van der Waals surface area contributed by atoms with Crippen LogP contribution in [0.15, 0.2) is 0 Å². The Morgan fingerprint density at radius 1 is 0.789 bits per heavy atom. The lowest BCUT2D eigenvalue weighted by Gasteiger charge is -2.01. The molecule has 7 heteroatoms. The predicted molar refractivity (Wildman–Crippen MR) is 74.1 cm³/mol. The number of aliphatic carboxylic acids is 2. The van der Waals surface area contributed by atoms with Crippen molar-refractivity contribution in [2.75, 3.05) is 0 Å². The van der Waals surface area contributed by atoms with Crippen LogP contribution in [0, 0.1) is 11.8 Å². The number of carbonyl (C=O) groups excluding carboxylic acids is 2. The maximum absolute atomic E-state index is 10.4. The van der Waals surface area contributed by atoms with Crippen LogP contribution in [0.1, 0.15) is 40.5 Å². The second kappa shape index (κ2) is 11.9. The van der Waals surface area contributed by atoms with E-state index in [0.29, 0.717) is 12.8 Å². The average molecular weight is 290 g/mol. The third-order valence-corrected chi connectivity index (χ3v) is 2.39. The predicted octanol–water partition coefficient (Wildman–Crippen LogP) is 0.188. The number of rotatable bonds is 6.